The van der Waals surface area contributed by atoms with E-state index in [1.54, 1.807) is 0 Å². The number of hydrogen-bond acceptors (Lipinski definition) is 3. The molecule has 1 heterocycles. The van der Waals surface area contributed by atoms with E-state index in [0.29, 0.717) is 6.10 Å². The Hall–Kier alpha value is -0.0800. The minimum absolute atomic E-state index is 0. The predicted molar refractivity (Wildman–Crippen MR) is 96.2 cm³/mol. The van der Waals surface area contributed by atoms with Gasteiger partial charge in [-0.3, -0.25) is 4.99 Å². The second-order valence-corrected chi connectivity index (χ2v) is 5.27. The van der Waals surface area contributed by atoms with E-state index in [2.05, 4.69) is 41.1 Å². The molecular weight excluding hydrogens is 367 g/mol. The molecule has 120 valence electrons. The van der Waals surface area contributed by atoms with Crippen molar-refractivity contribution in [1.82, 2.24) is 15.1 Å². The van der Waals surface area contributed by atoms with E-state index in [1.807, 2.05) is 7.05 Å². The maximum atomic E-state index is 5.68. The molecule has 6 heteroatoms. The number of aliphatic imine (C=N–C) groups is 1. The summed E-state index contributed by atoms with van der Waals surface area (Å²) in [5.74, 6) is 1.04. The summed E-state index contributed by atoms with van der Waals surface area (Å²) in [6.07, 6.45) is 3.79. The third-order valence-electron chi connectivity index (χ3n) is 3.42. The van der Waals surface area contributed by atoms with Crippen LogP contribution in [0.1, 0.15) is 26.2 Å². The van der Waals surface area contributed by atoms with Gasteiger partial charge in [-0.15, -0.1) is 24.0 Å². The molecule has 5 nitrogen and oxygen atoms in total. The summed E-state index contributed by atoms with van der Waals surface area (Å²) in [4.78, 5) is 8.92. The van der Waals surface area contributed by atoms with Gasteiger partial charge in [0.05, 0.1) is 6.10 Å². The van der Waals surface area contributed by atoms with E-state index in [9.17, 15) is 0 Å². The molecule has 0 atom stereocenters. The number of ether oxygens (including phenoxy) is 1. The van der Waals surface area contributed by atoms with Crippen LogP contribution in [0.3, 0.4) is 0 Å². The highest BCUT2D eigenvalue weighted by molar-refractivity contribution is 14.0. The molecule has 0 amide bonds. The fraction of sp³-hybridized carbons (Fsp3) is 0.929. The molecule has 0 aromatic rings. The van der Waals surface area contributed by atoms with Gasteiger partial charge in [-0.05, 0) is 46.8 Å². The van der Waals surface area contributed by atoms with Crippen LogP contribution in [0.25, 0.3) is 0 Å². The zero-order valence-electron chi connectivity index (χ0n) is 13.4. The van der Waals surface area contributed by atoms with Gasteiger partial charge in [-0.25, -0.2) is 0 Å². The molecule has 1 N–H and O–H groups in total. The van der Waals surface area contributed by atoms with Crippen LogP contribution in [0, 0.1) is 0 Å². The van der Waals surface area contributed by atoms with Crippen molar-refractivity contribution in [3.63, 3.8) is 0 Å². The average molecular weight is 398 g/mol. The van der Waals surface area contributed by atoms with E-state index in [-0.39, 0.29) is 24.0 Å². The van der Waals surface area contributed by atoms with Gasteiger partial charge in [-0.1, -0.05) is 0 Å². The smallest absolute Gasteiger partial charge is 0.193 e. The Kier molecular flexibility index (Phi) is 11.5. The summed E-state index contributed by atoms with van der Waals surface area (Å²) < 4.78 is 5.68. The lowest BCUT2D eigenvalue weighted by molar-refractivity contribution is 0.0264. The normalized spacial score (nSPS) is 17.2. The van der Waals surface area contributed by atoms with Crippen molar-refractivity contribution in [2.24, 2.45) is 4.99 Å². The fourth-order valence-electron chi connectivity index (χ4n) is 2.40. The van der Waals surface area contributed by atoms with Crippen LogP contribution in [0.2, 0.25) is 0 Å². The summed E-state index contributed by atoms with van der Waals surface area (Å²) in [6, 6.07) is 0. The van der Waals surface area contributed by atoms with Crippen molar-refractivity contribution in [2.45, 2.75) is 32.3 Å². The lowest BCUT2D eigenvalue weighted by Crippen LogP contribution is -2.47. The van der Waals surface area contributed by atoms with E-state index >= 15 is 0 Å². The standard InChI is InChI=1S/C14H30N4O.HI/c1-5-19-13-7-11-18(12-8-13)14(15-2)16-9-6-10-17(3)4;/h13H,5-12H2,1-4H3,(H,15,16);1H. The molecule has 1 aliphatic heterocycles. The molecule has 0 spiro atoms. The number of likely N-dealkylation sites (tertiary alicyclic amines) is 1. The third kappa shape index (κ3) is 7.64. The van der Waals surface area contributed by atoms with E-state index < -0.39 is 0 Å². The van der Waals surface area contributed by atoms with Gasteiger partial charge < -0.3 is 19.9 Å². The van der Waals surface area contributed by atoms with Gasteiger partial charge in [-0.2, -0.15) is 0 Å². The Morgan fingerprint density at radius 2 is 2.00 bits per heavy atom. The second kappa shape index (κ2) is 11.6. The Bertz CT molecular complexity index is 266. The molecule has 1 saturated heterocycles. The first kappa shape index (κ1) is 19.9. The molecule has 0 bridgehead atoms. The summed E-state index contributed by atoms with van der Waals surface area (Å²) in [5, 5.41) is 3.45. The van der Waals surface area contributed by atoms with Crippen molar-refractivity contribution >= 4 is 29.9 Å². The van der Waals surface area contributed by atoms with Crippen molar-refractivity contribution in [3.05, 3.63) is 0 Å². The Morgan fingerprint density at radius 3 is 2.50 bits per heavy atom. The molecule has 20 heavy (non-hydrogen) atoms. The van der Waals surface area contributed by atoms with Crippen LogP contribution in [-0.4, -0.2) is 75.8 Å². The molecular formula is C14H31IN4O. The number of nitrogens with zero attached hydrogens (tertiary/aromatic N) is 3. The quantitative estimate of drug-likeness (QED) is 0.320. The van der Waals surface area contributed by atoms with E-state index in [1.165, 1.54) is 0 Å². The minimum Gasteiger partial charge on any atom is -0.378 e. The number of guanidine groups is 1. The molecule has 0 saturated carbocycles. The zero-order chi connectivity index (χ0) is 14.1. The molecule has 0 aromatic heterocycles. The SMILES string of the molecule is CCOC1CCN(C(=NC)NCCCN(C)C)CC1.I. The average Bonchev–Trinajstić information content (AvgIpc) is 2.40. The van der Waals surface area contributed by atoms with Crippen LogP contribution >= 0.6 is 24.0 Å². The monoisotopic (exact) mass is 398 g/mol. The van der Waals surface area contributed by atoms with Crippen LogP contribution in [-0.2, 0) is 4.74 Å². The fourth-order valence-corrected chi connectivity index (χ4v) is 2.40. The molecule has 0 radical (unpaired) electrons. The first-order valence-electron chi connectivity index (χ1n) is 7.39. The van der Waals surface area contributed by atoms with Gasteiger partial charge in [0.25, 0.3) is 0 Å². The highest BCUT2D eigenvalue weighted by Crippen LogP contribution is 2.13. The lowest BCUT2D eigenvalue weighted by atomic mass is 10.1. The molecule has 1 aliphatic rings. The van der Waals surface area contributed by atoms with Gasteiger partial charge in [0.1, 0.15) is 0 Å². The van der Waals surface area contributed by atoms with E-state index in [0.717, 1.165) is 58.0 Å². The van der Waals surface area contributed by atoms with Gasteiger partial charge in [0.2, 0.25) is 0 Å². The Morgan fingerprint density at radius 1 is 1.35 bits per heavy atom. The van der Waals surface area contributed by atoms with Crippen LogP contribution in [0.15, 0.2) is 4.99 Å². The Balaban J connectivity index is 0.00000361. The lowest BCUT2D eigenvalue weighted by Gasteiger charge is -2.34. The summed E-state index contributed by atoms with van der Waals surface area (Å²) in [7, 11) is 6.07. The van der Waals surface area contributed by atoms with Crippen LogP contribution in [0.4, 0.5) is 0 Å². The topological polar surface area (TPSA) is 40.1 Å². The molecule has 0 aliphatic carbocycles. The largest absolute Gasteiger partial charge is 0.378 e. The van der Waals surface area contributed by atoms with E-state index in [4.69, 9.17) is 4.74 Å². The zero-order valence-corrected chi connectivity index (χ0v) is 15.7. The molecule has 0 aromatic carbocycles. The van der Waals surface area contributed by atoms with Gasteiger partial charge in [0.15, 0.2) is 5.96 Å². The van der Waals surface area contributed by atoms with Crippen LogP contribution < -0.4 is 5.32 Å². The van der Waals surface area contributed by atoms with Crippen molar-refractivity contribution < 1.29 is 4.74 Å². The molecule has 0 unspecified atom stereocenters. The van der Waals surface area contributed by atoms with Crippen molar-refractivity contribution in [3.8, 4) is 0 Å². The van der Waals surface area contributed by atoms with Crippen LogP contribution in [0.5, 0.6) is 0 Å². The first-order chi connectivity index (χ1) is 9.17. The number of nitrogens with one attached hydrogen (secondary N) is 1. The molecule has 1 rings (SSSR count). The van der Waals surface area contributed by atoms with Gasteiger partial charge >= 0.3 is 0 Å². The maximum Gasteiger partial charge on any atom is 0.193 e. The predicted octanol–water partition coefficient (Wildman–Crippen LogP) is 1.63. The minimum atomic E-state index is 0. The number of rotatable bonds is 6. The maximum absolute atomic E-state index is 5.68. The number of halogens is 1. The van der Waals surface area contributed by atoms with Crippen molar-refractivity contribution in [1.29, 1.82) is 0 Å². The summed E-state index contributed by atoms with van der Waals surface area (Å²) >= 11 is 0. The highest BCUT2D eigenvalue weighted by atomic mass is 127. The third-order valence-corrected chi connectivity index (χ3v) is 3.42. The summed E-state index contributed by atoms with van der Waals surface area (Å²) in [5.41, 5.74) is 0. The Labute approximate surface area is 141 Å². The highest BCUT2D eigenvalue weighted by Gasteiger charge is 2.21. The summed E-state index contributed by atoms with van der Waals surface area (Å²) in [6.45, 7) is 7.06. The second-order valence-electron chi connectivity index (χ2n) is 5.27. The molecule has 1 fully saturated rings. The number of piperidine rings is 1. The van der Waals surface area contributed by atoms with Gasteiger partial charge in [0, 0.05) is 33.3 Å². The number of hydrogen-bond donors (Lipinski definition) is 1. The van der Waals surface area contributed by atoms with Crippen molar-refractivity contribution in [2.75, 3.05) is 53.9 Å². The first-order valence-corrected chi connectivity index (χ1v) is 7.39.